The van der Waals surface area contributed by atoms with E-state index in [9.17, 15) is 4.79 Å². The lowest BCUT2D eigenvalue weighted by atomic mass is 9.92. The number of rotatable bonds is 4. The third kappa shape index (κ3) is 4.54. The van der Waals surface area contributed by atoms with E-state index in [1.807, 2.05) is 36.6 Å². The number of halogens is 1. The van der Waals surface area contributed by atoms with Crippen molar-refractivity contribution >= 4 is 35.3 Å². The fourth-order valence-electron chi connectivity index (χ4n) is 2.73. The van der Waals surface area contributed by atoms with Crippen LogP contribution in [0.3, 0.4) is 0 Å². The number of benzene rings is 1. The van der Waals surface area contributed by atoms with Gasteiger partial charge < -0.3 is 15.8 Å². The van der Waals surface area contributed by atoms with E-state index in [1.165, 1.54) is 0 Å². The van der Waals surface area contributed by atoms with Gasteiger partial charge in [-0.15, -0.1) is 23.7 Å². The van der Waals surface area contributed by atoms with Gasteiger partial charge in [0.2, 0.25) is 5.91 Å². The van der Waals surface area contributed by atoms with Gasteiger partial charge in [0.05, 0.1) is 6.04 Å². The fraction of sp³-hybridized carbons (Fsp3) is 0.412. The van der Waals surface area contributed by atoms with Crippen LogP contribution in [0.2, 0.25) is 0 Å². The van der Waals surface area contributed by atoms with Crippen molar-refractivity contribution in [1.29, 1.82) is 0 Å². The van der Waals surface area contributed by atoms with Gasteiger partial charge in [0.25, 0.3) is 0 Å². The number of anilines is 1. The summed E-state index contributed by atoms with van der Waals surface area (Å²) in [6, 6.07) is 7.23. The van der Waals surface area contributed by atoms with E-state index in [4.69, 9.17) is 10.5 Å². The predicted molar refractivity (Wildman–Crippen MR) is 99.7 cm³/mol. The van der Waals surface area contributed by atoms with Crippen molar-refractivity contribution in [2.24, 2.45) is 11.7 Å². The average molecular weight is 368 g/mol. The van der Waals surface area contributed by atoms with E-state index < -0.39 is 6.04 Å². The third-order valence-electron chi connectivity index (χ3n) is 4.07. The lowest BCUT2D eigenvalue weighted by molar-refractivity contribution is -0.119. The number of nitrogens with one attached hydrogen (secondary N) is 1. The van der Waals surface area contributed by atoms with E-state index in [0.29, 0.717) is 13.2 Å². The van der Waals surface area contributed by atoms with Gasteiger partial charge in [0.1, 0.15) is 5.01 Å². The minimum Gasteiger partial charge on any atom is -0.381 e. The van der Waals surface area contributed by atoms with Crippen molar-refractivity contribution in [3.05, 3.63) is 35.3 Å². The molecule has 0 spiro atoms. The van der Waals surface area contributed by atoms with Gasteiger partial charge in [-0.1, -0.05) is 12.1 Å². The molecule has 5 nitrogen and oxygen atoms in total. The van der Waals surface area contributed by atoms with Gasteiger partial charge in [-0.05, 0) is 37.8 Å². The number of hydrogen-bond acceptors (Lipinski definition) is 5. The maximum Gasteiger partial charge on any atom is 0.241 e. The van der Waals surface area contributed by atoms with Crippen molar-refractivity contribution in [2.45, 2.75) is 25.8 Å². The van der Waals surface area contributed by atoms with Gasteiger partial charge >= 0.3 is 0 Å². The van der Waals surface area contributed by atoms with E-state index in [2.05, 4.69) is 10.3 Å². The first-order valence-electron chi connectivity index (χ1n) is 7.80. The zero-order valence-corrected chi connectivity index (χ0v) is 15.2. The quantitative estimate of drug-likeness (QED) is 0.869. The first-order chi connectivity index (χ1) is 11.1. The smallest absolute Gasteiger partial charge is 0.241 e. The number of nitrogens with two attached hydrogens (primary N) is 1. The SMILES string of the molecule is Cc1csc(-c2cccc(NC(=O)C(N)C3CCOCC3)c2)n1.Cl. The van der Waals surface area contributed by atoms with Crippen molar-refractivity contribution in [3.63, 3.8) is 0 Å². The normalized spacial score (nSPS) is 16.2. The predicted octanol–water partition coefficient (Wildman–Crippen LogP) is 3.23. The number of carbonyl (C=O) groups is 1. The molecule has 2 heterocycles. The minimum absolute atomic E-state index is 0. The number of hydrogen-bond donors (Lipinski definition) is 2. The molecule has 1 amide bonds. The molecule has 0 radical (unpaired) electrons. The van der Waals surface area contributed by atoms with E-state index in [0.717, 1.165) is 34.8 Å². The highest BCUT2D eigenvalue weighted by Gasteiger charge is 2.26. The standard InChI is InChI=1S/C17H21N3O2S.ClH/c1-11-10-23-17(19-11)13-3-2-4-14(9-13)20-16(21)15(18)12-5-7-22-8-6-12;/h2-4,9-10,12,15H,5-8,18H2,1H3,(H,20,21);1H. The monoisotopic (exact) mass is 367 g/mol. The third-order valence-corrected chi connectivity index (χ3v) is 5.08. The fourth-order valence-corrected chi connectivity index (χ4v) is 3.53. The van der Waals surface area contributed by atoms with Crippen molar-refractivity contribution in [1.82, 2.24) is 4.98 Å². The lowest BCUT2D eigenvalue weighted by Gasteiger charge is -2.26. The molecule has 1 unspecified atom stereocenters. The molecule has 1 aromatic carbocycles. The highest BCUT2D eigenvalue weighted by Crippen LogP contribution is 2.26. The molecule has 1 fully saturated rings. The van der Waals surface area contributed by atoms with Crippen molar-refractivity contribution < 1.29 is 9.53 Å². The summed E-state index contributed by atoms with van der Waals surface area (Å²) in [5, 5.41) is 5.89. The van der Waals surface area contributed by atoms with Gasteiger partial charge in [0.15, 0.2) is 0 Å². The molecule has 130 valence electrons. The van der Waals surface area contributed by atoms with Gasteiger partial charge in [-0.2, -0.15) is 0 Å². The Labute approximate surface area is 152 Å². The van der Waals surface area contributed by atoms with Crippen molar-refractivity contribution in [2.75, 3.05) is 18.5 Å². The summed E-state index contributed by atoms with van der Waals surface area (Å²) >= 11 is 1.60. The molecule has 24 heavy (non-hydrogen) atoms. The topological polar surface area (TPSA) is 77.2 Å². The Bertz CT molecular complexity index is 686. The number of ether oxygens (including phenoxy) is 1. The molecule has 7 heteroatoms. The summed E-state index contributed by atoms with van der Waals surface area (Å²) in [5.41, 5.74) is 8.87. The summed E-state index contributed by atoms with van der Waals surface area (Å²) in [6.07, 6.45) is 1.68. The maximum atomic E-state index is 12.4. The van der Waals surface area contributed by atoms with E-state index >= 15 is 0 Å². The van der Waals surface area contributed by atoms with E-state index in [1.54, 1.807) is 11.3 Å². The number of thiazole rings is 1. The number of aromatic nitrogens is 1. The largest absolute Gasteiger partial charge is 0.381 e. The van der Waals surface area contributed by atoms with Crippen LogP contribution in [0.25, 0.3) is 10.6 Å². The van der Waals surface area contributed by atoms with Crippen molar-refractivity contribution in [3.8, 4) is 10.6 Å². The molecule has 2 aromatic rings. The Morgan fingerprint density at radius 3 is 2.83 bits per heavy atom. The molecule has 3 rings (SSSR count). The molecule has 1 aliphatic heterocycles. The summed E-state index contributed by atoms with van der Waals surface area (Å²) in [7, 11) is 0. The van der Waals surface area contributed by atoms with Gasteiger partial charge in [0, 0.05) is 35.5 Å². The van der Waals surface area contributed by atoms with Crippen LogP contribution >= 0.6 is 23.7 Å². The first kappa shape index (κ1) is 18.9. The van der Waals surface area contributed by atoms with Gasteiger partial charge in [-0.3, -0.25) is 4.79 Å². The Morgan fingerprint density at radius 1 is 1.42 bits per heavy atom. The maximum absolute atomic E-state index is 12.4. The molecule has 0 bridgehead atoms. The molecule has 1 saturated heterocycles. The highest BCUT2D eigenvalue weighted by atomic mass is 35.5. The number of amides is 1. The first-order valence-corrected chi connectivity index (χ1v) is 8.68. The highest BCUT2D eigenvalue weighted by molar-refractivity contribution is 7.13. The number of nitrogens with zero attached hydrogens (tertiary/aromatic N) is 1. The molecule has 0 aliphatic carbocycles. The second-order valence-corrected chi connectivity index (χ2v) is 6.70. The Balaban J connectivity index is 0.00000208. The minimum atomic E-state index is -0.496. The zero-order valence-electron chi connectivity index (χ0n) is 13.5. The summed E-state index contributed by atoms with van der Waals surface area (Å²) in [4.78, 5) is 16.9. The lowest BCUT2D eigenvalue weighted by Crippen LogP contribution is -2.44. The molecular weight excluding hydrogens is 346 g/mol. The molecule has 1 atom stereocenters. The summed E-state index contributed by atoms with van der Waals surface area (Å²) in [6.45, 7) is 3.34. The van der Waals surface area contributed by atoms with Crippen LogP contribution in [0, 0.1) is 12.8 Å². The van der Waals surface area contributed by atoms with Crippen LogP contribution in [-0.2, 0) is 9.53 Å². The number of carbonyl (C=O) groups excluding carboxylic acids is 1. The molecule has 3 N–H and O–H groups in total. The van der Waals surface area contributed by atoms with Crippen LogP contribution in [-0.4, -0.2) is 30.1 Å². The van der Waals surface area contributed by atoms with Crippen LogP contribution in [0.15, 0.2) is 29.6 Å². The molecule has 0 saturated carbocycles. The second-order valence-electron chi connectivity index (χ2n) is 5.84. The zero-order chi connectivity index (χ0) is 16.2. The second kappa shape index (κ2) is 8.58. The van der Waals surface area contributed by atoms with Crippen LogP contribution < -0.4 is 11.1 Å². The molecular formula is C17H22ClN3O2S. The van der Waals surface area contributed by atoms with Gasteiger partial charge in [-0.25, -0.2) is 4.98 Å². The molecule has 1 aromatic heterocycles. The Hall–Kier alpha value is -1.47. The van der Waals surface area contributed by atoms with E-state index in [-0.39, 0.29) is 24.2 Å². The Kier molecular flexibility index (Phi) is 6.74. The molecule has 1 aliphatic rings. The van der Waals surface area contributed by atoms with Crippen LogP contribution in [0.1, 0.15) is 18.5 Å². The summed E-state index contributed by atoms with van der Waals surface area (Å²) in [5.74, 6) is 0.0536. The average Bonchev–Trinajstić information content (AvgIpc) is 3.02. The van der Waals surface area contributed by atoms with Crippen LogP contribution in [0.4, 0.5) is 5.69 Å². The van der Waals surface area contributed by atoms with Crippen LogP contribution in [0.5, 0.6) is 0 Å². The number of aryl methyl sites for hydroxylation is 1. The Morgan fingerprint density at radius 2 is 2.17 bits per heavy atom. The summed E-state index contributed by atoms with van der Waals surface area (Å²) < 4.78 is 5.32.